The molecule has 4 nitrogen and oxygen atoms in total. The van der Waals surface area contributed by atoms with Crippen molar-refractivity contribution in [3.05, 3.63) is 51.5 Å². The lowest BCUT2D eigenvalue weighted by atomic mass is 10.1. The van der Waals surface area contributed by atoms with E-state index in [2.05, 4.69) is 22.2 Å². The molecule has 7 heteroatoms. The lowest BCUT2D eigenvalue weighted by Crippen LogP contribution is -2.24. The minimum atomic E-state index is 0.0179. The van der Waals surface area contributed by atoms with Gasteiger partial charge in [-0.15, -0.1) is 11.3 Å². The van der Waals surface area contributed by atoms with Crippen molar-refractivity contribution in [2.45, 2.75) is 19.4 Å². The summed E-state index contributed by atoms with van der Waals surface area (Å²) in [7, 11) is 0. The molecule has 0 saturated heterocycles. The number of thiazole rings is 1. The summed E-state index contributed by atoms with van der Waals surface area (Å²) in [6.07, 6.45) is 6.40. The van der Waals surface area contributed by atoms with E-state index < -0.39 is 0 Å². The fraction of sp³-hybridized carbons (Fsp3) is 0.286. The van der Waals surface area contributed by atoms with Crippen molar-refractivity contribution in [1.82, 2.24) is 19.7 Å². The second-order valence-electron chi connectivity index (χ2n) is 4.66. The molecule has 0 aliphatic heterocycles. The predicted molar refractivity (Wildman–Crippen MR) is 87.4 cm³/mol. The molecule has 3 heterocycles. The number of fused-ring (bicyclic) bond motifs is 1. The highest BCUT2D eigenvalue weighted by Gasteiger charge is 2.18. The van der Waals surface area contributed by atoms with Crippen LogP contribution in [0.3, 0.4) is 0 Å². The molecular weight excluding hydrogens is 327 g/mol. The second-order valence-corrected chi connectivity index (χ2v) is 6.38. The lowest BCUT2D eigenvalue weighted by molar-refractivity contribution is 0.532. The monoisotopic (exact) mass is 340 g/mol. The Bertz CT molecular complexity index is 724. The molecule has 0 fully saturated rings. The summed E-state index contributed by atoms with van der Waals surface area (Å²) < 4.78 is 2.03. The van der Waals surface area contributed by atoms with Gasteiger partial charge in [-0.05, 0) is 12.6 Å². The zero-order valence-electron chi connectivity index (χ0n) is 11.4. The molecule has 0 aliphatic carbocycles. The number of rotatable bonds is 5. The minimum Gasteiger partial charge on any atom is -0.309 e. The first-order valence-electron chi connectivity index (χ1n) is 6.62. The molecule has 0 saturated carbocycles. The molecule has 1 N–H and O–H groups in total. The van der Waals surface area contributed by atoms with Gasteiger partial charge in [-0.25, -0.2) is 4.98 Å². The third kappa shape index (κ3) is 3.21. The zero-order valence-corrected chi connectivity index (χ0v) is 13.7. The van der Waals surface area contributed by atoms with E-state index in [4.69, 9.17) is 23.2 Å². The van der Waals surface area contributed by atoms with Crippen LogP contribution in [0, 0.1) is 0 Å². The molecule has 3 aromatic heterocycles. The van der Waals surface area contributed by atoms with Gasteiger partial charge in [0.05, 0.1) is 27.5 Å². The van der Waals surface area contributed by atoms with E-state index in [-0.39, 0.29) is 6.04 Å². The van der Waals surface area contributed by atoms with Crippen LogP contribution < -0.4 is 5.32 Å². The maximum absolute atomic E-state index is 6.27. The average molecular weight is 341 g/mol. The molecular formula is C14H14Cl2N4S. The summed E-state index contributed by atoms with van der Waals surface area (Å²) in [6, 6.07) is 1.74. The summed E-state index contributed by atoms with van der Waals surface area (Å²) in [5, 5.41) is 6.55. The third-order valence-electron chi connectivity index (χ3n) is 3.17. The fourth-order valence-corrected chi connectivity index (χ4v) is 3.51. The fourth-order valence-electron chi connectivity index (χ4n) is 2.28. The molecule has 0 spiro atoms. The average Bonchev–Trinajstić information content (AvgIpc) is 2.99. The Labute approximate surface area is 136 Å². The number of halogens is 2. The summed E-state index contributed by atoms with van der Waals surface area (Å²) in [5.74, 6) is 0. The smallest absolute Gasteiger partial charge is 0.193 e. The van der Waals surface area contributed by atoms with Gasteiger partial charge >= 0.3 is 0 Å². The first kappa shape index (κ1) is 14.8. The number of nitrogens with one attached hydrogen (secondary N) is 1. The lowest BCUT2D eigenvalue weighted by Gasteiger charge is -2.17. The summed E-state index contributed by atoms with van der Waals surface area (Å²) >= 11 is 13.8. The van der Waals surface area contributed by atoms with Gasteiger partial charge in [0, 0.05) is 30.4 Å². The molecule has 110 valence electrons. The van der Waals surface area contributed by atoms with Crippen LogP contribution in [-0.4, -0.2) is 20.9 Å². The van der Waals surface area contributed by atoms with Crippen molar-refractivity contribution in [3.63, 3.8) is 0 Å². The Balaban J connectivity index is 1.88. The van der Waals surface area contributed by atoms with Crippen molar-refractivity contribution in [2.24, 2.45) is 0 Å². The molecule has 0 aromatic carbocycles. The molecule has 0 amide bonds. The Morgan fingerprint density at radius 3 is 3.00 bits per heavy atom. The van der Waals surface area contributed by atoms with E-state index in [0.29, 0.717) is 10.0 Å². The molecule has 3 aromatic rings. The van der Waals surface area contributed by atoms with Crippen LogP contribution in [0.25, 0.3) is 4.96 Å². The van der Waals surface area contributed by atoms with Crippen LogP contribution in [-0.2, 0) is 6.42 Å². The van der Waals surface area contributed by atoms with Crippen LogP contribution in [0.15, 0.2) is 30.0 Å². The largest absolute Gasteiger partial charge is 0.309 e. The third-order valence-corrected chi connectivity index (χ3v) is 4.45. The number of nitrogens with zero attached hydrogens (tertiary/aromatic N) is 3. The number of likely N-dealkylation sites (N-methyl/N-ethyl adjacent to an activating group) is 1. The first-order chi connectivity index (χ1) is 10.2. The Morgan fingerprint density at radius 1 is 1.43 bits per heavy atom. The molecule has 1 unspecified atom stereocenters. The van der Waals surface area contributed by atoms with Crippen LogP contribution >= 0.6 is 34.5 Å². The topological polar surface area (TPSA) is 42.2 Å². The van der Waals surface area contributed by atoms with Gasteiger partial charge in [0.15, 0.2) is 4.96 Å². The van der Waals surface area contributed by atoms with Crippen LogP contribution in [0.2, 0.25) is 10.0 Å². The number of pyridine rings is 1. The molecule has 1 atom stereocenters. The van der Waals surface area contributed by atoms with Crippen LogP contribution in [0.4, 0.5) is 0 Å². The SMILES string of the molecule is CCNC(Cc1cn2ccsc2n1)c1ncc(Cl)cc1Cl. The maximum Gasteiger partial charge on any atom is 0.193 e. The first-order valence-corrected chi connectivity index (χ1v) is 8.26. The van der Waals surface area contributed by atoms with Crippen molar-refractivity contribution >= 4 is 39.5 Å². The number of hydrogen-bond acceptors (Lipinski definition) is 4. The van der Waals surface area contributed by atoms with E-state index in [9.17, 15) is 0 Å². The van der Waals surface area contributed by atoms with Gasteiger partial charge in [-0.1, -0.05) is 30.1 Å². The summed E-state index contributed by atoms with van der Waals surface area (Å²) in [4.78, 5) is 9.98. The number of imidazole rings is 1. The van der Waals surface area contributed by atoms with E-state index in [1.807, 2.05) is 22.2 Å². The van der Waals surface area contributed by atoms with Gasteiger partial charge in [0.1, 0.15) is 0 Å². The van der Waals surface area contributed by atoms with Crippen molar-refractivity contribution in [1.29, 1.82) is 0 Å². The predicted octanol–water partition coefficient (Wildman–Crippen LogP) is 3.99. The Morgan fingerprint density at radius 2 is 2.29 bits per heavy atom. The second kappa shape index (κ2) is 6.32. The molecule has 21 heavy (non-hydrogen) atoms. The highest BCUT2D eigenvalue weighted by Crippen LogP contribution is 2.26. The number of hydrogen-bond donors (Lipinski definition) is 1. The quantitative estimate of drug-likeness (QED) is 0.763. The van der Waals surface area contributed by atoms with Gasteiger partial charge in [0.25, 0.3) is 0 Å². The minimum absolute atomic E-state index is 0.0179. The van der Waals surface area contributed by atoms with Gasteiger partial charge in [-0.3, -0.25) is 9.38 Å². The van der Waals surface area contributed by atoms with Crippen molar-refractivity contribution < 1.29 is 0 Å². The van der Waals surface area contributed by atoms with E-state index in [1.165, 1.54) is 0 Å². The number of aromatic nitrogens is 3. The van der Waals surface area contributed by atoms with Crippen molar-refractivity contribution in [3.8, 4) is 0 Å². The van der Waals surface area contributed by atoms with Crippen molar-refractivity contribution in [2.75, 3.05) is 6.54 Å². The Hall–Kier alpha value is -1.14. The standard InChI is InChI=1S/C14H14Cl2N4S/c1-2-17-12(13-11(16)5-9(15)7-18-13)6-10-8-20-3-4-21-14(20)19-10/h3-5,7-8,12,17H,2,6H2,1H3. The molecule has 0 radical (unpaired) electrons. The van der Waals surface area contributed by atoms with E-state index in [0.717, 1.165) is 29.3 Å². The van der Waals surface area contributed by atoms with Crippen LogP contribution in [0.5, 0.6) is 0 Å². The van der Waals surface area contributed by atoms with E-state index in [1.54, 1.807) is 23.6 Å². The summed E-state index contributed by atoms with van der Waals surface area (Å²) in [6.45, 7) is 2.89. The van der Waals surface area contributed by atoms with Gasteiger partial charge in [-0.2, -0.15) is 0 Å². The maximum atomic E-state index is 6.27. The van der Waals surface area contributed by atoms with E-state index >= 15 is 0 Å². The Kier molecular flexibility index (Phi) is 4.45. The summed E-state index contributed by atoms with van der Waals surface area (Å²) in [5.41, 5.74) is 1.82. The zero-order chi connectivity index (χ0) is 14.8. The van der Waals surface area contributed by atoms with Gasteiger partial charge in [0.2, 0.25) is 0 Å². The van der Waals surface area contributed by atoms with Gasteiger partial charge < -0.3 is 5.32 Å². The highest BCUT2D eigenvalue weighted by atomic mass is 35.5. The molecule has 3 rings (SSSR count). The molecule has 0 bridgehead atoms. The molecule has 0 aliphatic rings. The van der Waals surface area contributed by atoms with Crippen LogP contribution in [0.1, 0.15) is 24.4 Å². The normalized spacial score (nSPS) is 12.9. The highest BCUT2D eigenvalue weighted by molar-refractivity contribution is 7.15.